The number of nitrogens with zero attached hydrogens (tertiary/aromatic N) is 1. The number of nitrogens with one attached hydrogen (secondary N) is 1. The smallest absolute Gasteiger partial charge is 0.0177 e. The maximum absolute atomic E-state index is 3.51. The van der Waals surface area contributed by atoms with Gasteiger partial charge in [0.15, 0.2) is 0 Å². The first-order valence-electron chi connectivity index (χ1n) is 6.02. The molecule has 0 bridgehead atoms. The minimum atomic E-state index is 1.15. The van der Waals surface area contributed by atoms with Gasteiger partial charge in [0, 0.05) is 30.7 Å². The molecule has 0 atom stereocenters. The summed E-state index contributed by atoms with van der Waals surface area (Å²) in [5, 5.41) is 3.38. The van der Waals surface area contributed by atoms with Crippen LogP contribution in [0.4, 0.5) is 0 Å². The molecule has 0 radical (unpaired) electrons. The van der Waals surface area contributed by atoms with Crippen LogP contribution >= 0.6 is 15.9 Å². The Balaban J connectivity index is 1.71. The summed E-state index contributed by atoms with van der Waals surface area (Å²) in [6.45, 7) is 5.94. The Morgan fingerprint density at radius 1 is 1.25 bits per heavy atom. The molecule has 2 rings (SSSR count). The van der Waals surface area contributed by atoms with E-state index in [4.69, 9.17) is 0 Å². The van der Waals surface area contributed by atoms with E-state index >= 15 is 0 Å². The van der Waals surface area contributed by atoms with E-state index in [0.717, 1.165) is 13.1 Å². The molecule has 1 aliphatic rings. The normalized spacial score (nSPS) is 17.6. The lowest BCUT2D eigenvalue weighted by atomic mass is 10.1. The number of hydrogen-bond donors (Lipinski definition) is 1. The van der Waals surface area contributed by atoms with Crippen molar-refractivity contribution in [2.75, 3.05) is 32.7 Å². The lowest BCUT2D eigenvalue weighted by Crippen LogP contribution is -2.43. The van der Waals surface area contributed by atoms with E-state index in [-0.39, 0.29) is 0 Å². The molecule has 0 saturated carbocycles. The van der Waals surface area contributed by atoms with Crippen molar-refractivity contribution in [2.24, 2.45) is 0 Å². The molecular weight excluding hydrogens is 264 g/mol. The number of benzene rings is 1. The van der Waals surface area contributed by atoms with Crippen LogP contribution in [0.3, 0.4) is 0 Å². The molecule has 1 aliphatic heterocycles. The minimum absolute atomic E-state index is 1.15. The predicted molar refractivity (Wildman–Crippen MR) is 71.8 cm³/mol. The van der Waals surface area contributed by atoms with Crippen LogP contribution in [-0.2, 0) is 6.42 Å². The number of halogens is 1. The molecular formula is C13H19BrN2. The number of piperazine rings is 1. The van der Waals surface area contributed by atoms with Crippen molar-refractivity contribution in [3.8, 4) is 0 Å². The summed E-state index contributed by atoms with van der Waals surface area (Å²) in [4.78, 5) is 2.55. The lowest BCUT2D eigenvalue weighted by Gasteiger charge is -2.27. The fourth-order valence-electron chi connectivity index (χ4n) is 2.13. The van der Waals surface area contributed by atoms with Gasteiger partial charge in [-0.2, -0.15) is 0 Å². The molecule has 1 heterocycles. The van der Waals surface area contributed by atoms with E-state index in [9.17, 15) is 0 Å². The predicted octanol–water partition coefficient (Wildman–Crippen LogP) is 2.29. The monoisotopic (exact) mass is 282 g/mol. The highest BCUT2D eigenvalue weighted by molar-refractivity contribution is 9.10. The zero-order valence-electron chi connectivity index (χ0n) is 9.58. The molecule has 3 heteroatoms. The topological polar surface area (TPSA) is 15.3 Å². The zero-order valence-corrected chi connectivity index (χ0v) is 11.2. The standard InChI is InChI=1S/C13H19BrN2/c14-13-5-1-3-12(11-13)4-2-8-16-9-6-15-7-10-16/h1,3,5,11,15H,2,4,6-10H2. The largest absolute Gasteiger partial charge is 0.314 e. The second-order valence-corrected chi connectivity index (χ2v) is 5.24. The molecule has 0 aliphatic carbocycles. The molecule has 1 saturated heterocycles. The second-order valence-electron chi connectivity index (χ2n) is 4.33. The number of rotatable bonds is 4. The van der Waals surface area contributed by atoms with Crippen LogP contribution in [-0.4, -0.2) is 37.6 Å². The third kappa shape index (κ3) is 3.89. The van der Waals surface area contributed by atoms with Gasteiger partial charge in [-0.1, -0.05) is 28.1 Å². The van der Waals surface area contributed by atoms with Crippen molar-refractivity contribution in [2.45, 2.75) is 12.8 Å². The molecule has 88 valence electrons. The van der Waals surface area contributed by atoms with Gasteiger partial charge in [0.05, 0.1) is 0 Å². The van der Waals surface area contributed by atoms with Crippen LogP contribution in [0.5, 0.6) is 0 Å². The van der Waals surface area contributed by atoms with Crippen molar-refractivity contribution in [1.82, 2.24) is 10.2 Å². The Morgan fingerprint density at radius 3 is 2.81 bits per heavy atom. The first-order valence-corrected chi connectivity index (χ1v) is 6.81. The zero-order chi connectivity index (χ0) is 11.2. The van der Waals surface area contributed by atoms with Gasteiger partial charge in [-0.15, -0.1) is 0 Å². The van der Waals surface area contributed by atoms with E-state index in [1.807, 2.05) is 0 Å². The van der Waals surface area contributed by atoms with E-state index in [0.29, 0.717) is 0 Å². The van der Waals surface area contributed by atoms with Crippen LogP contribution in [0, 0.1) is 0 Å². The van der Waals surface area contributed by atoms with Gasteiger partial charge >= 0.3 is 0 Å². The fourth-order valence-corrected chi connectivity index (χ4v) is 2.58. The molecule has 1 fully saturated rings. The highest BCUT2D eigenvalue weighted by Gasteiger charge is 2.08. The SMILES string of the molecule is Brc1cccc(CCCN2CCNCC2)c1. The Labute approximate surface area is 106 Å². The van der Waals surface area contributed by atoms with Crippen molar-refractivity contribution in [3.05, 3.63) is 34.3 Å². The first-order chi connectivity index (χ1) is 7.84. The first kappa shape index (κ1) is 12.1. The maximum Gasteiger partial charge on any atom is 0.0177 e. The van der Waals surface area contributed by atoms with Crippen LogP contribution in [0.15, 0.2) is 28.7 Å². The molecule has 16 heavy (non-hydrogen) atoms. The average Bonchev–Trinajstić information content (AvgIpc) is 2.30. The Bertz CT molecular complexity index is 321. The van der Waals surface area contributed by atoms with Crippen molar-refractivity contribution in [1.29, 1.82) is 0 Å². The van der Waals surface area contributed by atoms with E-state index in [2.05, 4.69) is 50.4 Å². The van der Waals surface area contributed by atoms with Gasteiger partial charge in [-0.3, -0.25) is 0 Å². The van der Waals surface area contributed by atoms with Crippen LogP contribution in [0.2, 0.25) is 0 Å². The van der Waals surface area contributed by atoms with Gasteiger partial charge in [0.1, 0.15) is 0 Å². The Kier molecular flexibility index (Phi) is 4.82. The molecule has 0 aromatic heterocycles. The van der Waals surface area contributed by atoms with Gasteiger partial charge in [-0.25, -0.2) is 0 Å². The highest BCUT2D eigenvalue weighted by Crippen LogP contribution is 2.13. The average molecular weight is 283 g/mol. The third-order valence-electron chi connectivity index (χ3n) is 3.04. The molecule has 1 aromatic rings. The van der Waals surface area contributed by atoms with Gasteiger partial charge in [0.25, 0.3) is 0 Å². The summed E-state index contributed by atoms with van der Waals surface area (Å²) in [6.07, 6.45) is 2.44. The summed E-state index contributed by atoms with van der Waals surface area (Å²) in [6, 6.07) is 8.63. The van der Waals surface area contributed by atoms with Gasteiger partial charge in [-0.05, 0) is 37.1 Å². The van der Waals surface area contributed by atoms with Crippen molar-refractivity contribution in [3.63, 3.8) is 0 Å². The molecule has 1 aromatic carbocycles. The summed E-state index contributed by atoms with van der Waals surface area (Å²) < 4.78 is 1.19. The minimum Gasteiger partial charge on any atom is -0.314 e. The fraction of sp³-hybridized carbons (Fsp3) is 0.538. The van der Waals surface area contributed by atoms with Crippen LogP contribution in [0.1, 0.15) is 12.0 Å². The van der Waals surface area contributed by atoms with Crippen molar-refractivity contribution >= 4 is 15.9 Å². The van der Waals surface area contributed by atoms with Gasteiger partial charge in [0.2, 0.25) is 0 Å². The molecule has 2 nitrogen and oxygen atoms in total. The van der Waals surface area contributed by atoms with Crippen LogP contribution in [0.25, 0.3) is 0 Å². The Morgan fingerprint density at radius 2 is 2.06 bits per heavy atom. The molecule has 1 N–H and O–H groups in total. The van der Waals surface area contributed by atoms with E-state index in [1.54, 1.807) is 0 Å². The quantitative estimate of drug-likeness (QED) is 0.912. The highest BCUT2D eigenvalue weighted by atomic mass is 79.9. The van der Waals surface area contributed by atoms with E-state index in [1.165, 1.54) is 42.5 Å². The van der Waals surface area contributed by atoms with E-state index < -0.39 is 0 Å². The number of hydrogen-bond acceptors (Lipinski definition) is 2. The van der Waals surface area contributed by atoms with Crippen molar-refractivity contribution < 1.29 is 0 Å². The Hall–Kier alpha value is -0.380. The molecule has 0 amide bonds. The summed E-state index contributed by atoms with van der Waals surface area (Å²) in [5.41, 5.74) is 1.43. The summed E-state index contributed by atoms with van der Waals surface area (Å²) in [7, 11) is 0. The molecule has 0 unspecified atom stereocenters. The second kappa shape index (κ2) is 6.38. The van der Waals surface area contributed by atoms with Crippen LogP contribution < -0.4 is 5.32 Å². The maximum atomic E-state index is 3.51. The molecule has 0 spiro atoms. The van der Waals surface area contributed by atoms with Gasteiger partial charge < -0.3 is 10.2 Å². The number of aryl methyl sites for hydroxylation is 1. The summed E-state index contributed by atoms with van der Waals surface area (Å²) >= 11 is 3.51. The summed E-state index contributed by atoms with van der Waals surface area (Å²) in [5.74, 6) is 0. The lowest BCUT2D eigenvalue weighted by molar-refractivity contribution is 0.238. The third-order valence-corrected chi connectivity index (χ3v) is 3.53.